The van der Waals surface area contributed by atoms with E-state index in [1.54, 1.807) is 0 Å². The van der Waals surface area contributed by atoms with Crippen molar-refractivity contribution >= 4 is 11.7 Å². The first-order valence-corrected chi connectivity index (χ1v) is 7.77. The van der Waals surface area contributed by atoms with Gasteiger partial charge in [0.15, 0.2) is 0 Å². The molecule has 1 aromatic carbocycles. The largest absolute Gasteiger partial charge is 0.468 e. The van der Waals surface area contributed by atoms with Crippen molar-refractivity contribution in [2.45, 2.75) is 38.6 Å². The molecule has 0 fully saturated rings. The van der Waals surface area contributed by atoms with Crippen LogP contribution in [0.5, 0.6) is 0 Å². The number of benzene rings is 1. The number of methoxy groups -OCH3 is 1. The molecule has 4 heteroatoms. The third-order valence-electron chi connectivity index (χ3n) is 4.27. The van der Waals surface area contributed by atoms with Gasteiger partial charge in [-0.1, -0.05) is 25.1 Å². The maximum Gasteiger partial charge on any atom is 0.325 e. The molecule has 1 aromatic rings. The molecule has 0 aromatic heterocycles. The van der Waals surface area contributed by atoms with Gasteiger partial charge in [-0.3, -0.25) is 4.79 Å². The lowest BCUT2D eigenvalue weighted by Crippen LogP contribution is -2.52. The van der Waals surface area contributed by atoms with Gasteiger partial charge in [-0.05, 0) is 44.4 Å². The van der Waals surface area contributed by atoms with Crippen LogP contribution in [-0.2, 0) is 16.0 Å². The van der Waals surface area contributed by atoms with E-state index in [-0.39, 0.29) is 5.97 Å². The molecule has 0 amide bonds. The number of hydrogen-bond donors (Lipinski definition) is 1. The molecular weight excluding hydrogens is 264 g/mol. The highest BCUT2D eigenvalue weighted by Gasteiger charge is 2.34. The molecule has 2 rings (SSSR count). The van der Waals surface area contributed by atoms with E-state index in [1.807, 2.05) is 6.92 Å². The Morgan fingerprint density at radius 2 is 2.19 bits per heavy atom. The van der Waals surface area contributed by atoms with Crippen LogP contribution < -0.4 is 10.2 Å². The number of nitrogens with zero attached hydrogens (tertiary/aromatic N) is 1. The Morgan fingerprint density at radius 1 is 1.43 bits per heavy atom. The van der Waals surface area contributed by atoms with E-state index in [0.717, 1.165) is 38.9 Å². The average Bonchev–Trinajstić information content (AvgIpc) is 2.93. The van der Waals surface area contributed by atoms with Crippen LogP contribution in [0.25, 0.3) is 0 Å². The Morgan fingerprint density at radius 3 is 2.90 bits per heavy atom. The maximum atomic E-state index is 12.1. The molecule has 0 bridgehead atoms. The summed E-state index contributed by atoms with van der Waals surface area (Å²) in [4.78, 5) is 14.5. The number of nitrogens with one attached hydrogen (secondary N) is 1. The fourth-order valence-electron chi connectivity index (χ4n) is 2.89. The summed E-state index contributed by atoms with van der Waals surface area (Å²) in [5, 5.41) is 3.34. The smallest absolute Gasteiger partial charge is 0.325 e. The molecule has 0 spiro atoms. The van der Waals surface area contributed by atoms with Crippen molar-refractivity contribution in [2.75, 3.05) is 31.6 Å². The van der Waals surface area contributed by atoms with Gasteiger partial charge in [0.25, 0.3) is 0 Å². The van der Waals surface area contributed by atoms with Gasteiger partial charge in [0.2, 0.25) is 0 Å². The summed E-state index contributed by atoms with van der Waals surface area (Å²) in [7, 11) is 1.46. The average molecular weight is 290 g/mol. The van der Waals surface area contributed by atoms with Crippen LogP contribution in [0.15, 0.2) is 24.3 Å². The summed E-state index contributed by atoms with van der Waals surface area (Å²) in [6.07, 6.45) is 2.83. The Labute approximate surface area is 127 Å². The Hall–Kier alpha value is -1.55. The minimum Gasteiger partial charge on any atom is -0.468 e. The lowest BCUT2D eigenvalue weighted by molar-refractivity contribution is -0.148. The predicted octanol–water partition coefficient (Wildman–Crippen LogP) is 2.37. The summed E-state index contributed by atoms with van der Waals surface area (Å²) in [6.45, 7) is 6.75. The summed E-state index contributed by atoms with van der Waals surface area (Å²) in [5.74, 6) is -0.177. The summed E-state index contributed by atoms with van der Waals surface area (Å²) >= 11 is 0. The van der Waals surface area contributed by atoms with E-state index >= 15 is 0 Å². The molecule has 1 aliphatic rings. The van der Waals surface area contributed by atoms with E-state index in [0.29, 0.717) is 0 Å². The Balaban J connectivity index is 2.01. The molecule has 0 saturated heterocycles. The molecule has 1 heterocycles. The van der Waals surface area contributed by atoms with Crippen molar-refractivity contribution in [3.63, 3.8) is 0 Å². The van der Waals surface area contributed by atoms with Gasteiger partial charge >= 0.3 is 5.97 Å². The van der Waals surface area contributed by atoms with Gasteiger partial charge in [0, 0.05) is 18.8 Å². The normalized spacial score (nSPS) is 16.4. The standard InChI is InChI=1S/C17H26N2O2/c1-4-11-18-17(2,16(20)21-3)10-13-19-12-9-14-7-5-6-8-15(14)19/h5-8,18H,4,9-13H2,1-3H3. The quantitative estimate of drug-likeness (QED) is 0.783. The second-order valence-electron chi connectivity index (χ2n) is 5.87. The molecule has 0 aliphatic carbocycles. The molecule has 0 radical (unpaired) electrons. The Bertz CT molecular complexity index is 489. The summed E-state index contributed by atoms with van der Waals surface area (Å²) < 4.78 is 4.98. The molecule has 1 unspecified atom stereocenters. The van der Waals surface area contributed by atoms with Crippen LogP contribution in [-0.4, -0.2) is 38.3 Å². The Kier molecular flexibility index (Phi) is 5.23. The fraction of sp³-hybridized carbons (Fsp3) is 0.588. The molecule has 1 N–H and O–H groups in total. The van der Waals surface area contributed by atoms with E-state index in [1.165, 1.54) is 18.4 Å². The number of anilines is 1. The van der Waals surface area contributed by atoms with Crippen LogP contribution in [0, 0.1) is 0 Å². The zero-order chi connectivity index (χ0) is 15.3. The first-order valence-electron chi connectivity index (χ1n) is 7.77. The molecule has 21 heavy (non-hydrogen) atoms. The van der Waals surface area contributed by atoms with E-state index in [4.69, 9.17) is 4.74 Å². The lowest BCUT2D eigenvalue weighted by Gasteiger charge is -2.30. The van der Waals surface area contributed by atoms with Crippen LogP contribution in [0.4, 0.5) is 5.69 Å². The highest BCUT2D eigenvalue weighted by Crippen LogP contribution is 2.28. The molecular formula is C17H26N2O2. The van der Waals surface area contributed by atoms with Crippen LogP contribution >= 0.6 is 0 Å². The zero-order valence-electron chi connectivity index (χ0n) is 13.3. The second-order valence-corrected chi connectivity index (χ2v) is 5.87. The fourth-order valence-corrected chi connectivity index (χ4v) is 2.89. The molecule has 0 saturated carbocycles. The van der Waals surface area contributed by atoms with Crippen molar-refractivity contribution < 1.29 is 9.53 Å². The third kappa shape index (κ3) is 3.56. The number of carbonyl (C=O) groups is 1. The third-order valence-corrected chi connectivity index (χ3v) is 4.27. The number of esters is 1. The molecule has 116 valence electrons. The molecule has 1 atom stereocenters. The monoisotopic (exact) mass is 290 g/mol. The lowest BCUT2D eigenvalue weighted by atomic mass is 9.97. The minimum absolute atomic E-state index is 0.177. The van der Waals surface area contributed by atoms with Crippen molar-refractivity contribution in [3.8, 4) is 0 Å². The highest BCUT2D eigenvalue weighted by atomic mass is 16.5. The number of rotatable bonds is 7. The number of fused-ring (bicyclic) bond motifs is 1. The van der Waals surface area contributed by atoms with Crippen molar-refractivity contribution in [2.24, 2.45) is 0 Å². The SMILES string of the molecule is CCCNC(C)(CCN1CCc2ccccc21)C(=O)OC. The number of carbonyl (C=O) groups excluding carboxylic acids is 1. The van der Waals surface area contributed by atoms with Gasteiger partial charge in [-0.25, -0.2) is 0 Å². The number of hydrogen-bond acceptors (Lipinski definition) is 4. The number of ether oxygens (including phenoxy) is 1. The van der Waals surface area contributed by atoms with E-state index in [2.05, 4.69) is 41.4 Å². The van der Waals surface area contributed by atoms with Gasteiger partial charge in [0.1, 0.15) is 5.54 Å². The minimum atomic E-state index is -0.609. The summed E-state index contributed by atoms with van der Waals surface area (Å²) in [6, 6.07) is 8.51. The van der Waals surface area contributed by atoms with Crippen LogP contribution in [0.1, 0.15) is 32.3 Å². The molecule has 4 nitrogen and oxygen atoms in total. The number of para-hydroxylation sites is 1. The van der Waals surface area contributed by atoms with Gasteiger partial charge in [0.05, 0.1) is 7.11 Å². The molecule has 1 aliphatic heterocycles. The van der Waals surface area contributed by atoms with Gasteiger partial charge in [-0.15, -0.1) is 0 Å². The van der Waals surface area contributed by atoms with Gasteiger partial charge in [-0.2, -0.15) is 0 Å². The first-order chi connectivity index (χ1) is 10.1. The zero-order valence-corrected chi connectivity index (χ0v) is 13.3. The first kappa shape index (κ1) is 15.8. The van der Waals surface area contributed by atoms with E-state index in [9.17, 15) is 4.79 Å². The topological polar surface area (TPSA) is 41.6 Å². The van der Waals surface area contributed by atoms with Crippen LogP contribution in [0.3, 0.4) is 0 Å². The predicted molar refractivity (Wildman–Crippen MR) is 85.7 cm³/mol. The summed E-state index contributed by atoms with van der Waals surface area (Å²) in [5.41, 5.74) is 2.10. The van der Waals surface area contributed by atoms with Crippen molar-refractivity contribution in [3.05, 3.63) is 29.8 Å². The van der Waals surface area contributed by atoms with Gasteiger partial charge < -0.3 is 15.0 Å². The van der Waals surface area contributed by atoms with Crippen molar-refractivity contribution in [1.29, 1.82) is 0 Å². The van der Waals surface area contributed by atoms with E-state index < -0.39 is 5.54 Å². The second kappa shape index (κ2) is 6.94. The maximum absolute atomic E-state index is 12.1. The van der Waals surface area contributed by atoms with Crippen LogP contribution in [0.2, 0.25) is 0 Å². The van der Waals surface area contributed by atoms with Crippen molar-refractivity contribution in [1.82, 2.24) is 5.32 Å². The highest BCUT2D eigenvalue weighted by molar-refractivity contribution is 5.80.